The van der Waals surface area contributed by atoms with E-state index in [1.165, 1.54) is 31.4 Å². The lowest BCUT2D eigenvalue weighted by Crippen LogP contribution is -2.16. The first-order valence-electron chi connectivity index (χ1n) is 6.04. The molecule has 0 aliphatic heterocycles. The molecule has 2 aromatic rings. The van der Waals surface area contributed by atoms with Crippen LogP contribution in [0.25, 0.3) is 0 Å². The fourth-order valence-electron chi connectivity index (χ4n) is 2.14. The van der Waals surface area contributed by atoms with Crippen LogP contribution in [0.1, 0.15) is 17.2 Å². The van der Waals surface area contributed by atoms with E-state index in [-0.39, 0.29) is 12.0 Å². The van der Waals surface area contributed by atoms with Gasteiger partial charge in [-0.1, -0.05) is 6.07 Å². The lowest BCUT2D eigenvalue weighted by Gasteiger charge is -2.16. The number of rotatable bonds is 4. The molecule has 0 saturated carbocycles. The summed E-state index contributed by atoms with van der Waals surface area (Å²) in [6, 6.07) is 6.73. The van der Waals surface area contributed by atoms with Crippen molar-refractivity contribution < 1.29 is 17.9 Å². The zero-order chi connectivity index (χ0) is 14.7. The minimum atomic E-state index is -0.757. The molecule has 2 N–H and O–H groups in total. The molecule has 20 heavy (non-hydrogen) atoms. The highest BCUT2D eigenvalue weighted by molar-refractivity contribution is 5.38. The molecule has 1 unspecified atom stereocenters. The molecule has 0 aliphatic carbocycles. The van der Waals surface area contributed by atoms with Crippen molar-refractivity contribution in [2.75, 3.05) is 7.11 Å². The van der Waals surface area contributed by atoms with Gasteiger partial charge in [-0.15, -0.1) is 0 Å². The maximum atomic E-state index is 13.8. The summed E-state index contributed by atoms with van der Waals surface area (Å²) in [4.78, 5) is 0. The summed E-state index contributed by atoms with van der Waals surface area (Å²) in [5.41, 5.74) is 6.50. The number of nitrogens with two attached hydrogens (primary N) is 1. The Bertz CT molecular complexity index is 596. The standard InChI is InChI=1S/C15H14F3NO/c1-20-14-4-2-3-12(18)15(14)13(19)7-9-5-10(16)8-11(17)6-9/h2-6,8,13H,7,19H2,1H3. The topological polar surface area (TPSA) is 35.2 Å². The van der Waals surface area contributed by atoms with Crippen LogP contribution in [0.15, 0.2) is 36.4 Å². The van der Waals surface area contributed by atoms with Crippen molar-refractivity contribution in [3.8, 4) is 5.75 Å². The van der Waals surface area contributed by atoms with Crippen molar-refractivity contribution >= 4 is 0 Å². The van der Waals surface area contributed by atoms with Gasteiger partial charge in [-0.05, 0) is 36.2 Å². The molecular weight excluding hydrogens is 267 g/mol. The molecule has 106 valence electrons. The normalized spacial score (nSPS) is 12.2. The number of halogens is 3. The molecule has 5 heteroatoms. The van der Waals surface area contributed by atoms with Crippen molar-refractivity contribution in [2.24, 2.45) is 5.73 Å². The first-order chi connectivity index (χ1) is 9.51. The van der Waals surface area contributed by atoms with E-state index in [0.717, 1.165) is 6.07 Å². The Kier molecular flexibility index (Phi) is 4.29. The van der Waals surface area contributed by atoms with E-state index in [1.807, 2.05) is 0 Å². The van der Waals surface area contributed by atoms with Gasteiger partial charge < -0.3 is 10.5 Å². The predicted molar refractivity (Wildman–Crippen MR) is 69.9 cm³/mol. The minimum Gasteiger partial charge on any atom is -0.496 e. The van der Waals surface area contributed by atoms with Crippen LogP contribution in [-0.4, -0.2) is 7.11 Å². The van der Waals surface area contributed by atoms with E-state index in [4.69, 9.17) is 10.5 Å². The second-order valence-electron chi connectivity index (χ2n) is 4.44. The highest BCUT2D eigenvalue weighted by atomic mass is 19.1. The summed E-state index contributed by atoms with van der Waals surface area (Å²) in [7, 11) is 1.41. The molecule has 0 heterocycles. The Balaban J connectivity index is 2.30. The van der Waals surface area contributed by atoms with Crippen LogP contribution >= 0.6 is 0 Å². The van der Waals surface area contributed by atoms with Gasteiger partial charge in [0.25, 0.3) is 0 Å². The summed E-state index contributed by atoms with van der Waals surface area (Å²) in [5.74, 6) is -1.57. The highest BCUT2D eigenvalue weighted by Gasteiger charge is 2.18. The molecule has 0 aliphatic rings. The van der Waals surface area contributed by atoms with Gasteiger partial charge in [0.2, 0.25) is 0 Å². The van der Waals surface area contributed by atoms with Crippen molar-refractivity contribution in [3.63, 3.8) is 0 Å². The van der Waals surface area contributed by atoms with Crippen LogP contribution in [0, 0.1) is 17.5 Å². The van der Waals surface area contributed by atoms with Crippen molar-refractivity contribution in [3.05, 3.63) is 65.0 Å². The highest BCUT2D eigenvalue weighted by Crippen LogP contribution is 2.28. The summed E-state index contributed by atoms with van der Waals surface area (Å²) in [6.07, 6.45) is 0.103. The van der Waals surface area contributed by atoms with E-state index in [2.05, 4.69) is 0 Å². The summed E-state index contributed by atoms with van der Waals surface area (Å²) >= 11 is 0. The zero-order valence-corrected chi connectivity index (χ0v) is 10.9. The third kappa shape index (κ3) is 3.11. The summed E-state index contributed by atoms with van der Waals surface area (Å²) < 4.78 is 45.2. The van der Waals surface area contributed by atoms with Crippen LogP contribution in [0.3, 0.4) is 0 Å². The van der Waals surface area contributed by atoms with E-state index >= 15 is 0 Å². The molecule has 0 fully saturated rings. The third-order valence-electron chi connectivity index (χ3n) is 2.98. The largest absolute Gasteiger partial charge is 0.496 e. The van der Waals surface area contributed by atoms with Gasteiger partial charge in [0.1, 0.15) is 23.2 Å². The Morgan fingerprint density at radius 2 is 1.75 bits per heavy atom. The van der Waals surface area contributed by atoms with Gasteiger partial charge in [-0.3, -0.25) is 0 Å². The first kappa shape index (κ1) is 14.4. The molecule has 0 bridgehead atoms. The van der Waals surface area contributed by atoms with Crippen LogP contribution in [0.4, 0.5) is 13.2 Å². The van der Waals surface area contributed by atoms with E-state index in [1.54, 1.807) is 6.07 Å². The SMILES string of the molecule is COc1cccc(F)c1C(N)Cc1cc(F)cc(F)c1. The van der Waals surface area contributed by atoms with E-state index in [0.29, 0.717) is 11.3 Å². The minimum absolute atomic E-state index is 0.103. The number of ether oxygens (including phenoxy) is 1. The predicted octanol–water partition coefficient (Wildman–Crippen LogP) is 3.36. The monoisotopic (exact) mass is 281 g/mol. The number of hydrogen-bond acceptors (Lipinski definition) is 2. The van der Waals surface area contributed by atoms with Gasteiger partial charge in [0, 0.05) is 17.7 Å². The lowest BCUT2D eigenvalue weighted by atomic mass is 9.98. The maximum absolute atomic E-state index is 13.8. The summed E-state index contributed by atoms with van der Waals surface area (Å²) in [5, 5.41) is 0. The Morgan fingerprint density at radius 3 is 2.35 bits per heavy atom. The molecule has 1 atom stereocenters. The Morgan fingerprint density at radius 1 is 1.10 bits per heavy atom. The van der Waals surface area contributed by atoms with Gasteiger partial charge in [0.15, 0.2) is 0 Å². The average molecular weight is 281 g/mol. The fraction of sp³-hybridized carbons (Fsp3) is 0.200. The van der Waals surface area contributed by atoms with Gasteiger partial charge >= 0.3 is 0 Å². The van der Waals surface area contributed by atoms with Crippen molar-refractivity contribution in [1.82, 2.24) is 0 Å². The molecule has 2 aromatic carbocycles. The molecule has 0 spiro atoms. The molecular formula is C15H14F3NO. The summed E-state index contributed by atoms with van der Waals surface area (Å²) in [6.45, 7) is 0. The second-order valence-corrected chi connectivity index (χ2v) is 4.44. The Hall–Kier alpha value is -2.01. The number of methoxy groups -OCH3 is 1. The second kappa shape index (κ2) is 5.96. The van der Waals surface area contributed by atoms with Crippen LogP contribution in [0.2, 0.25) is 0 Å². The van der Waals surface area contributed by atoms with Crippen LogP contribution in [0.5, 0.6) is 5.75 Å². The fourth-order valence-corrected chi connectivity index (χ4v) is 2.14. The molecule has 0 aromatic heterocycles. The van der Waals surface area contributed by atoms with E-state index < -0.39 is 23.5 Å². The third-order valence-corrected chi connectivity index (χ3v) is 2.98. The number of benzene rings is 2. The van der Waals surface area contributed by atoms with Gasteiger partial charge in [-0.2, -0.15) is 0 Å². The smallest absolute Gasteiger partial charge is 0.131 e. The van der Waals surface area contributed by atoms with Gasteiger partial charge in [-0.25, -0.2) is 13.2 Å². The Labute approximate surface area is 115 Å². The van der Waals surface area contributed by atoms with Crippen molar-refractivity contribution in [2.45, 2.75) is 12.5 Å². The lowest BCUT2D eigenvalue weighted by molar-refractivity contribution is 0.398. The maximum Gasteiger partial charge on any atom is 0.131 e. The van der Waals surface area contributed by atoms with Gasteiger partial charge in [0.05, 0.1) is 7.11 Å². The molecule has 0 amide bonds. The van der Waals surface area contributed by atoms with Crippen molar-refractivity contribution in [1.29, 1.82) is 0 Å². The molecule has 2 rings (SSSR count). The van der Waals surface area contributed by atoms with E-state index in [9.17, 15) is 13.2 Å². The molecule has 2 nitrogen and oxygen atoms in total. The molecule has 0 saturated heterocycles. The van der Waals surface area contributed by atoms with Crippen LogP contribution < -0.4 is 10.5 Å². The first-order valence-corrected chi connectivity index (χ1v) is 6.04. The molecule has 0 radical (unpaired) electrons. The van der Waals surface area contributed by atoms with Crippen LogP contribution in [-0.2, 0) is 6.42 Å². The number of hydrogen-bond donors (Lipinski definition) is 1. The average Bonchev–Trinajstić information content (AvgIpc) is 2.36. The quantitative estimate of drug-likeness (QED) is 0.932. The zero-order valence-electron chi connectivity index (χ0n) is 10.9.